The lowest BCUT2D eigenvalue weighted by Gasteiger charge is -2.30. The molecule has 1 N–H and O–H groups in total. The van der Waals surface area contributed by atoms with E-state index in [2.05, 4.69) is 12.2 Å². The largest absolute Gasteiger partial charge is 0.382 e. The number of ether oxygens (including phenoxy) is 1. The predicted octanol–water partition coefficient (Wildman–Crippen LogP) is 2.96. The Bertz CT molecular complexity index is 422. The van der Waals surface area contributed by atoms with E-state index in [9.17, 15) is 10.1 Å². The van der Waals surface area contributed by atoms with Crippen LogP contribution in [0.1, 0.15) is 26.2 Å². The topological polar surface area (TPSA) is 64.4 Å². The first-order valence-corrected chi connectivity index (χ1v) is 6.31. The third-order valence-electron chi connectivity index (χ3n) is 3.25. The van der Waals surface area contributed by atoms with Gasteiger partial charge < -0.3 is 10.1 Å². The first-order valence-electron chi connectivity index (χ1n) is 6.31. The molecular formula is C13H18N2O3. The number of nitrogens with zero attached hydrogens (tertiary/aromatic N) is 1. The number of hydrogen-bond donors (Lipinski definition) is 1. The zero-order valence-corrected chi connectivity index (χ0v) is 10.5. The van der Waals surface area contributed by atoms with Crippen LogP contribution in [0.5, 0.6) is 0 Å². The van der Waals surface area contributed by atoms with Crippen LogP contribution in [0.3, 0.4) is 0 Å². The summed E-state index contributed by atoms with van der Waals surface area (Å²) >= 11 is 0. The van der Waals surface area contributed by atoms with Crippen molar-refractivity contribution in [2.75, 3.05) is 11.9 Å². The second-order valence-corrected chi connectivity index (χ2v) is 4.57. The number of nitrogens with one attached hydrogen (secondary N) is 1. The molecule has 2 rings (SSSR count). The quantitative estimate of drug-likeness (QED) is 0.659. The molecule has 0 amide bonds. The van der Waals surface area contributed by atoms with E-state index < -0.39 is 0 Å². The first kappa shape index (κ1) is 12.8. The summed E-state index contributed by atoms with van der Waals surface area (Å²) in [6, 6.07) is 6.99. The average Bonchev–Trinajstić information content (AvgIpc) is 2.39. The number of nitro benzene ring substituents is 1. The molecule has 98 valence electrons. The number of hydrogen-bond acceptors (Lipinski definition) is 4. The smallest absolute Gasteiger partial charge is 0.271 e. The molecule has 1 aliphatic rings. The molecule has 1 aliphatic heterocycles. The highest BCUT2D eigenvalue weighted by Crippen LogP contribution is 2.23. The van der Waals surface area contributed by atoms with Gasteiger partial charge in [-0.3, -0.25) is 10.1 Å². The van der Waals surface area contributed by atoms with E-state index in [1.165, 1.54) is 6.07 Å². The summed E-state index contributed by atoms with van der Waals surface area (Å²) in [6.45, 7) is 2.87. The van der Waals surface area contributed by atoms with Gasteiger partial charge in [0.2, 0.25) is 0 Å². The van der Waals surface area contributed by atoms with Crippen molar-refractivity contribution in [1.29, 1.82) is 0 Å². The standard InChI is InChI=1S/C13H18N2O3/c1-2-13-9-11(6-7-18-13)14-10-4-3-5-12(8-10)15(16)17/h3-5,8,11,13-14H,2,6-7,9H2,1H3. The Labute approximate surface area is 106 Å². The molecule has 1 saturated heterocycles. The highest BCUT2D eigenvalue weighted by Gasteiger charge is 2.21. The van der Waals surface area contributed by atoms with Crippen molar-refractivity contribution < 1.29 is 9.66 Å². The van der Waals surface area contributed by atoms with Crippen LogP contribution >= 0.6 is 0 Å². The molecule has 0 saturated carbocycles. The van der Waals surface area contributed by atoms with Gasteiger partial charge in [0.25, 0.3) is 5.69 Å². The van der Waals surface area contributed by atoms with E-state index in [0.29, 0.717) is 12.1 Å². The molecule has 0 radical (unpaired) electrons. The fraction of sp³-hybridized carbons (Fsp3) is 0.538. The van der Waals surface area contributed by atoms with E-state index in [4.69, 9.17) is 4.74 Å². The minimum Gasteiger partial charge on any atom is -0.382 e. The molecule has 1 fully saturated rings. The number of nitro groups is 1. The number of anilines is 1. The summed E-state index contributed by atoms with van der Waals surface area (Å²) in [5.74, 6) is 0. The summed E-state index contributed by atoms with van der Waals surface area (Å²) in [5, 5.41) is 14.1. The van der Waals surface area contributed by atoms with Gasteiger partial charge in [0, 0.05) is 30.5 Å². The molecular weight excluding hydrogens is 232 g/mol. The van der Waals surface area contributed by atoms with Crippen LogP contribution in [0.15, 0.2) is 24.3 Å². The zero-order chi connectivity index (χ0) is 13.0. The van der Waals surface area contributed by atoms with Crippen LogP contribution in [0.2, 0.25) is 0 Å². The fourth-order valence-electron chi connectivity index (χ4n) is 2.24. The Morgan fingerprint density at radius 3 is 3.11 bits per heavy atom. The van der Waals surface area contributed by atoms with Crippen molar-refractivity contribution in [1.82, 2.24) is 0 Å². The SMILES string of the molecule is CCC1CC(Nc2cccc([N+](=O)[O-])c2)CCO1. The Kier molecular flexibility index (Phi) is 4.15. The van der Waals surface area contributed by atoms with Gasteiger partial charge in [0.15, 0.2) is 0 Å². The summed E-state index contributed by atoms with van der Waals surface area (Å²) in [5.41, 5.74) is 0.935. The second kappa shape index (κ2) is 5.82. The van der Waals surface area contributed by atoms with Crippen LogP contribution in [-0.2, 0) is 4.74 Å². The molecule has 0 aromatic heterocycles. The van der Waals surface area contributed by atoms with Gasteiger partial charge in [-0.1, -0.05) is 13.0 Å². The molecule has 1 aromatic carbocycles. The monoisotopic (exact) mass is 250 g/mol. The first-order chi connectivity index (χ1) is 8.69. The maximum Gasteiger partial charge on any atom is 0.271 e. The lowest BCUT2D eigenvalue weighted by Crippen LogP contribution is -2.33. The maximum atomic E-state index is 10.7. The van der Waals surface area contributed by atoms with Gasteiger partial charge in [-0.15, -0.1) is 0 Å². The van der Waals surface area contributed by atoms with Crippen LogP contribution < -0.4 is 5.32 Å². The predicted molar refractivity (Wildman–Crippen MR) is 69.8 cm³/mol. The summed E-state index contributed by atoms with van der Waals surface area (Å²) in [4.78, 5) is 10.3. The highest BCUT2D eigenvalue weighted by atomic mass is 16.6. The van der Waals surface area contributed by atoms with Gasteiger partial charge in [-0.05, 0) is 25.3 Å². The van der Waals surface area contributed by atoms with Crippen LogP contribution in [0, 0.1) is 10.1 Å². The number of non-ortho nitro benzene ring substituents is 1. The van der Waals surface area contributed by atoms with E-state index >= 15 is 0 Å². The Hall–Kier alpha value is -1.62. The molecule has 5 nitrogen and oxygen atoms in total. The summed E-state index contributed by atoms with van der Waals surface area (Å²) in [7, 11) is 0. The van der Waals surface area contributed by atoms with Crippen LogP contribution in [0.4, 0.5) is 11.4 Å². The van der Waals surface area contributed by atoms with Crippen LogP contribution in [0.25, 0.3) is 0 Å². The van der Waals surface area contributed by atoms with E-state index in [0.717, 1.165) is 31.6 Å². The Balaban J connectivity index is 2.00. The van der Waals surface area contributed by atoms with Gasteiger partial charge in [-0.2, -0.15) is 0 Å². The van der Waals surface area contributed by atoms with Crippen molar-refractivity contribution in [3.8, 4) is 0 Å². The van der Waals surface area contributed by atoms with Crippen molar-refractivity contribution in [3.05, 3.63) is 34.4 Å². The van der Waals surface area contributed by atoms with E-state index in [-0.39, 0.29) is 10.6 Å². The summed E-state index contributed by atoms with van der Waals surface area (Å²) < 4.78 is 5.61. The average molecular weight is 250 g/mol. The fourth-order valence-corrected chi connectivity index (χ4v) is 2.24. The molecule has 18 heavy (non-hydrogen) atoms. The Morgan fingerprint density at radius 1 is 1.56 bits per heavy atom. The minimum atomic E-state index is -0.371. The van der Waals surface area contributed by atoms with Gasteiger partial charge >= 0.3 is 0 Å². The maximum absolute atomic E-state index is 10.7. The number of benzene rings is 1. The van der Waals surface area contributed by atoms with Crippen molar-refractivity contribution in [2.45, 2.75) is 38.3 Å². The van der Waals surface area contributed by atoms with Crippen LogP contribution in [-0.4, -0.2) is 23.7 Å². The Morgan fingerprint density at radius 2 is 2.39 bits per heavy atom. The third kappa shape index (κ3) is 3.20. The molecule has 1 heterocycles. The normalized spacial score (nSPS) is 23.6. The molecule has 2 unspecified atom stereocenters. The number of rotatable bonds is 4. The minimum absolute atomic E-state index is 0.124. The molecule has 0 aliphatic carbocycles. The van der Waals surface area contributed by atoms with Gasteiger partial charge in [0.1, 0.15) is 0 Å². The third-order valence-corrected chi connectivity index (χ3v) is 3.25. The highest BCUT2D eigenvalue weighted by molar-refractivity contribution is 5.51. The van der Waals surface area contributed by atoms with Crippen molar-refractivity contribution in [2.24, 2.45) is 0 Å². The molecule has 1 aromatic rings. The second-order valence-electron chi connectivity index (χ2n) is 4.57. The van der Waals surface area contributed by atoms with Crippen molar-refractivity contribution in [3.63, 3.8) is 0 Å². The molecule has 0 bridgehead atoms. The summed E-state index contributed by atoms with van der Waals surface area (Å²) in [6.07, 6.45) is 3.21. The van der Waals surface area contributed by atoms with E-state index in [1.54, 1.807) is 12.1 Å². The van der Waals surface area contributed by atoms with Gasteiger partial charge in [-0.25, -0.2) is 0 Å². The van der Waals surface area contributed by atoms with Gasteiger partial charge in [0.05, 0.1) is 11.0 Å². The molecule has 0 spiro atoms. The zero-order valence-electron chi connectivity index (χ0n) is 10.5. The lowest BCUT2D eigenvalue weighted by molar-refractivity contribution is -0.384. The molecule has 5 heteroatoms. The lowest BCUT2D eigenvalue weighted by atomic mass is 10.0. The molecule has 2 atom stereocenters. The van der Waals surface area contributed by atoms with E-state index in [1.807, 2.05) is 6.07 Å². The van der Waals surface area contributed by atoms with Crippen molar-refractivity contribution >= 4 is 11.4 Å².